The van der Waals surface area contributed by atoms with Gasteiger partial charge in [0.25, 0.3) is 0 Å². The van der Waals surface area contributed by atoms with Crippen molar-refractivity contribution >= 4 is 17.8 Å². The van der Waals surface area contributed by atoms with Crippen molar-refractivity contribution in [2.45, 2.75) is 38.2 Å². The van der Waals surface area contributed by atoms with E-state index in [-0.39, 0.29) is 6.03 Å². The molecule has 2 amide bonds. The van der Waals surface area contributed by atoms with Crippen LogP contribution in [0.5, 0.6) is 0 Å². The van der Waals surface area contributed by atoms with E-state index < -0.39 is 5.60 Å². The van der Waals surface area contributed by atoms with E-state index >= 15 is 0 Å². The van der Waals surface area contributed by atoms with E-state index in [0.717, 1.165) is 30.9 Å². The number of aliphatic hydroxyl groups is 1. The molecule has 1 saturated carbocycles. The molecule has 2 fully saturated rings. The molecule has 0 aromatic rings. The molecule has 2 aliphatic rings. The SMILES string of the molecule is CCC1(CNC(=O)NCC2(O)CCSC2)CC1. The minimum atomic E-state index is -0.690. The maximum absolute atomic E-state index is 11.6. The second-order valence-electron chi connectivity index (χ2n) is 5.42. The van der Waals surface area contributed by atoms with Crippen molar-refractivity contribution in [1.82, 2.24) is 10.6 Å². The van der Waals surface area contributed by atoms with Crippen LogP contribution in [0.25, 0.3) is 0 Å². The van der Waals surface area contributed by atoms with Gasteiger partial charge in [0.2, 0.25) is 0 Å². The van der Waals surface area contributed by atoms with Crippen LogP contribution in [-0.2, 0) is 0 Å². The number of hydrogen-bond acceptors (Lipinski definition) is 3. The molecule has 5 heteroatoms. The fourth-order valence-electron chi connectivity index (χ4n) is 2.14. The molecule has 98 valence electrons. The molecule has 0 spiro atoms. The first-order valence-electron chi connectivity index (χ1n) is 6.39. The summed E-state index contributed by atoms with van der Waals surface area (Å²) in [5.74, 6) is 1.71. The normalized spacial score (nSPS) is 30.0. The summed E-state index contributed by atoms with van der Waals surface area (Å²) in [4.78, 5) is 11.6. The highest BCUT2D eigenvalue weighted by Gasteiger charge is 2.40. The number of nitrogens with one attached hydrogen (secondary N) is 2. The third-order valence-electron chi connectivity index (χ3n) is 3.99. The van der Waals surface area contributed by atoms with Crippen molar-refractivity contribution in [2.24, 2.45) is 5.41 Å². The van der Waals surface area contributed by atoms with Crippen LogP contribution in [-0.4, -0.2) is 41.3 Å². The Morgan fingerprint density at radius 3 is 2.53 bits per heavy atom. The molecule has 0 radical (unpaired) electrons. The van der Waals surface area contributed by atoms with Gasteiger partial charge in [-0.2, -0.15) is 11.8 Å². The average molecular weight is 258 g/mol. The smallest absolute Gasteiger partial charge is 0.314 e. The zero-order valence-electron chi connectivity index (χ0n) is 10.4. The fourth-order valence-corrected chi connectivity index (χ4v) is 3.44. The molecule has 17 heavy (non-hydrogen) atoms. The zero-order chi connectivity index (χ0) is 12.4. The summed E-state index contributed by atoms with van der Waals surface area (Å²) >= 11 is 1.74. The Morgan fingerprint density at radius 1 is 1.29 bits per heavy atom. The lowest BCUT2D eigenvalue weighted by Gasteiger charge is -2.22. The minimum Gasteiger partial charge on any atom is -0.387 e. The molecule has 2 rings (SSSR count). The number of hydrogen-bond donors (Lipinski definition) is 3. The van der Waals surface area contributed by atoms with Crippen molar-refractivity contribution in [1.29, 1.82) is 0 Å². The molecule has 0 bridgehead atoms. The predicted octanol–water partition coefficient (Wildman–Crippen LogP) is 1.34. The molecule has 1 aliphatic carbocycles. The highest BCUT2D eigenvalue weighted by Crippen LogP contribution is 2.47. The van der Waals surface area contributed by atoms with Crippen LogP contribution < -0.4 is 10.6 Å². The van der Waals surface area contributed by atoms with Crippen molar-refractivity contribution in [2.75, 3.05) is 24.6 Å². The molecular weight excluding hydrogens is 236 g/mol. The highest BCUT2D eigenvalue weighted by molar-refractivity contribution is 7.99. The van der Waals surface area contributed by atoms with Gasteiger partial charge in [0, 0.05) is 18.8 Å². The van der Waals surface area contributed by atoms with Gasteiger partial charge in [-0.15, -0.1) is 0 Å². The maximum Gasteiger partial charge on any atom is 0.314 e. The molecule has 1 saturated heterocycles. The Balaban J connectivity index is 1.64. The monoisotopic (exact) mass is 258 g/mol. The van der Waals surface area contributed by atoms with Crippen LogP contribution in [0.3, 0.4) is 0 Å². The Labute approximate surface area is 107 Å². The van der Waals surface area contributed by atoms with Gasteiger partial charge in [-0.1, -0.05) is 6.92 Å². The first kappa shape index (κ1) is 13.0. The molecule has 1 unspecified atom stereocenters. The fraction of sp³-hybridized carbons (Fsp3) is 0.917. The van der Waals surface area contributed by atoms with Gasteiger partial charge < -0.3 is 15.7 Å². The quantitative estimate of drug-likeness (QED) is 0.697. The summed E-state index contributed by atoms with van der Waals surface area (Å²) in [5.41, 5.74) is -0.318. The minimum absolute atomic E-state index is 0.143. The Morgan fingerprint density at radius 2 is 2.00 bits per heavy atom. The van der Waals surface area contributed by atoms with Crippen LogP contribution >= 0.6 is 11.8 Å². The number of thioether (sulfide) groups is 1. The lowest BCUT2D eigenvalue weighted by molar-refractivity contribution is 0.0699. The van der Waals surface area contributed by atoms with Gasteiger partial charge >= 0.3 is 6.03 Å². The predicted molar refractivity (Wildman–Crippen MR) is 70.3 cm³/mol. The van der Waals surface area contributed by atoms with Gasteiger partial charge in [0.15, 0.2) is 0 Å². The van der Waals surface area contributed by atoms with E-state index in [2.05, 4.69) is 17.6 Å². The number of urea groups is 1. The Bertz CT molecular complexity index is 286. The van der Waals surface area contributed by atoms with E-state index in [0.29, 0.717) is 12.0 Å². The lowest BCUT2D eigenvalue weighted by atomic mass is 10.0. The van der Waals surface area contributed by atoms with E-state index in [1.54, 1.807) is 11.8 Å². The Kier molecular flexibility index (Phi) is 3.88. The standard InChI is InChI=1S/C12H22N2O2S/c1-2-11(3-4-11)7-13-10(15)14-8-12(16)5-6-17-9-12/h16H,2-9H2,1H3,(H2,13,14,15). The summed E-state index contributed by atoms with van der Waals surface area (Å²) in [6.07, 6.45) is 4.36. The molecule has 1 heterocycles. The van der Waals surface area contributed by atoms with Crippen LogP contribution in [0.15, 0.2) is 0 Å². The number of carbonyl (C=O) groups excluding carboxylic acids is 1. The van der Waals surface area contributed by atoms with Gasteiger partial charge in [0.1, 0.15) is 0 Å². The summed E-state index contributed by atoms with van der Waals surface area (Å²) in [6, 6.07) is -0.143. The van der Waals surface area contributed by atoms with Crippen LogP contribution in [0, 0.1) is 5.41 Å². The number of amides is 2. The zero-order valence-corrected chi connectivity index (χ0v) is 11.2. The van der Waals surface area contributed by atoms with E-state index in [9.17, 15) is 9.90 Å². The third kappa shape index (κ3) is 3.52. The van der Waals surface area contributed by atoms with Crippen molar-refractivity contribution in [3.05, 3.63) is 0 Å². The first-order chi connectivity index (χ1) is 8.08. The largest absolute Gasteiger partial charge is 0.387 e. The van der Waals surface area contributed by atoms with Crippen LogP contribution in [0.2, 0.25) is 0 Å². The first-order valence-corrected chi connectivity index (χ1v) is 7.55. The third-order valence-corrected chi connectivity index (χ3v) is 5.23. The molecule has 0 aromatic heterocycles. The summed E-state index contributed by atoms with van der Waals surface area (Å²) in [6.45, 7) is 3.30. The van der Waals surface area contributed by atoms with E-state index in [1.165, 1.54) is 12.8 Å². The molecule has 4 nitrogen and oxygen atoms in total. The lowest BCUT2D eigenvalue weighted by Crippen LogP contribution is -2.47. The Hall–Kier alpha value is -0.420. The van der Waals surface area contributed by atoms with Crippen LogP contribution in [0.1, 0.15) is 32.6 Å². The van der Waals surface area contributed by atoms with Crippen LogP contribution in [0.4, 0.5) is 4.79 Å². The highest BCUT2D eigenvalue weighted by atomic mass is 32.2. The molecule has 1 atom stereocenters. The summed E-state index contributed by atoms with van der Waals surface area (Å²) < 4.78 is 0. The maximum atomic E-state index is 11.6. The van der Waals surface area contributed by atoms with Crippen molar-refractivity contribution < 1.29 is 9.90 Å². The van der Waals surface area contributed by atoms with E-state index in [4.69, 9.17) is 0 Å². The van der Waals surface area contributed by atoms with Gasteiger partial charge in [-0.3, -0.25) is 0 Å². The van der Waals surface area contributed by atoms with Crippen molar-refractivity contribution in [3.63, 3.8) is 0 Å². The molecule has 0 aromatic carbocycles. The van der Waals surface area contributed by atoms with E-state index in [1.807, 2.05) is 0 Å². The number of carbonyl (C=O) groups is 1. The molecular formula is C12H22N2O2S. The summed E-state index contributed by atoms with van der Waals surface area (Å²) in [7, 11) is 0. The average Bonchev–Trinajstić information content (AvgIpc) is 3.00. The second-order valence-corrected chi connectivity index (χ2v) is 6.52. The van der Waals surface area contributed by atoms with Gasteiger partial charge in [0.05, 0.1) is 5.60 Å². The molecule has 1 aliphatic heterocycles. The van der Waals surface area contributed by atoms with Gasteiger partial charge in [-0.25, -0.2) is 4.79 Å². The summed E-state index contributed by atoms with van der Waals surface area (Å²) in [5, 5.41) is 15.7. The number of rotatable bonds is 5. The van der Waals surface area contributed by atoms with Gasteiger partial charge in [-0.05, 0) is 36.9 Å². The molecule has 3 N–H and O–H groups in total. The van der Waals surface area contributed by atoms with Crippen molar-refractivity contribution in [3.8, 4) is 0 Å². The second kappa shape index (κ2) is 5.06. The topological polar surface area (TPSA) is 61.4 Å².